The second-order valence-electron chi connectivity index (χ2n) is 7.02. The lowest BCUT2D eigenvalue weighted by Crippen LogP contribution is -2.46. The lowest BCUT2D eigenvalue weighted by molar-refractivity contribution is 0.0936. The molecule has 2 aromatic carbocycles. The summed E-state index contributed by atoms with van der Waals surface area (Å²) in [5, 5.41) is 6.28. The van der Waals surface area contributed by atoms with E-state index in [4.69, 9.17) is 0 Å². The number of amides is 1. The minimum Gasteiger partial charge on any atom is -0.351 e. The van der Waals surface area contributed by atoms with Crippen LogP contribution in [-0.2, 0) is 0 Å². The summed E-state index contributed by atoms with van der Waals surface area (Å²) in [6, 6.07) is 12.7. The molecule has 1 amide bonds. The highest BCUT2D eigenvalue weighted by Crippen LogP contribution is 2.17. The van der Waals surface area contributed by atoms with Crippen LogP contribution in [0.2, 0.25) is 0 Å². The Morgan fingerprint density at radius 3 is 2.41 bits per heavy atom. The molecule has 1 aliphatic heterocycles. The number of carbonyl (C=O) groups is 2. The monoisotopic (exact) mass is 365 g/mol. The van der Waals surface area contributed by atoms with Gasteiger partial charge >= 0.3 is 0 Å². The molecule has 0 atom stereocenters. The summed E-state index contributed by atoms with van der Waals surface area (Å²) in [5.74, 6) is -0.316. The molecule has 1 aliphatic rings. The predicted molar refractivity (Wildman–Crippen MR) is 107 cm³/mol. The van der Waals surface area contributed by atoms with Gasteiger partial charge in [-0.1, -0.05) is 30.3 Å². The molecule has 0 radical (unpaired) electrons. The highest BCUT2D eigenvalue weighted by Gasteiger charge is 2.18. The van der Waals surface area contributed by atoms with Crippen molar-refractivity contribution < 1.29 is 9.59 Å². The Kier molecular flexibility index (Phi) is 6.37. The Labute approximate surface area is 160 Å². The van der Waals surface area contributed by atoms with Crippen LogP contribution in [0.25, 0.3) is 0 Å². The van der Waals surface area contributed by atoms with Gasteiger partial charge in [0.25, 0.3) is 5.91 Å². The van der Waals surface area contributed by atoms with Gasteiger partial charge in [0.1, 0.15) is 0 Å². The minimum absolute atomic E-state index is 0.119. The number of hydrogen-bond acceptors (Lipinski definition) is 4. The van der Waals surface area contributed by atoms with Crippen molar-refractivity contribution in [3.63, 3.8) is 0 Å². The van der Waals surface area contributed by atoms with Gasteiger partial charge in [-0.25, -0.2) is 0 Å². The van der Waals surface area contributed by atoms with Crippen molar-refractivity contribution in [2.24, 2.45) is 0 Å². The lowest BCUT2D eigenvalue weighted by Gasteiger charge is -2.27. The zero-order valence-corrected chi connectivity index (χ0v) is 16.0. The number of rotatable bonds is 6. The van der Waals surface area contributed by atoms with Gasteiger partial charge in [-0.15, -0.1) is 0 Å². The third-order valence-electron chi connectivity index (χ3n) is 5.11. The molecule has 2 aromatic rings. The zero-order valence-electron chi connectivity index (χ0n) is 16.0. The first-order chi connectivity index (χ1) is 13.1. The maximum Gasteiger partial charge on any atom is 0.252 e. The molecular formula is C22H27N3O2. The smallest absolute Gasteiger partial charge is 0.252 e. The zero-order chi connectivity index (χ0) is 19.2. The van der Waals surface area contributed by atoms with Crippen LogP contribution in [-0.4, -0.2) is 55.9 Å². The average Bonchev–Trinajstić information content (AvgIpc) is 2.70. The molecule has 0 unspecified atom stereocenters. The van der Waals surface area contributed by atoms with Crippen LogP contribution in [0.4, 0.5) is 0 Å². The fourth-order valence-electron chi connectivity index (χ4n) is 3.27. The molecule has 1 fully saturated rings. The molecule has 2 N–H and O–H groups in total. The molecule has 0 saturated carbocycles. The number of nitrogens with zero attached hydrogens (tertiary/aromatic N) is 1. The molecule has 0 spiro atoms. The van der Waals surface area contributed by atoms with Crippen molar-refractivity contribution in [1.82, 2.24) is 15.5 Å². The van der Waals surface area contributed by atoms with Crippen molar-refractivity contribution in [3.8, 4) is 0 Å². The third-order valence-corrected chi connectivity index (χ3v) is 5.11. The second-order valence-corrected chi connectivity index (χ2v) is 7.02. The summed E-state index contributed by atoms with van der Waals surface area (Å²) in [5.41, 5.74) is 3.70. The van der Waals surface area contributed by atoms with Crippen molar-refractivity contribution in [2.45, 2.75) is 13.8 Å². The number of aryl methyl sites for hydroxylation is 2. The molecule has 0 aliphatic carbocycles. The van der Waals surface area contributed by atoms with Crippen LogP contribution in [0.3, 0.4) is 0 Å². The van der Waals surface area contributed by atoms with Crippen LogP contribution in [0, 0.1) is 13.8 Å². The number of benzene rings is 2. The molecule has 5 heteroatoms. The first-order valence-electron chi connectivity index (χ1n) is 9.48. The van der Waals surface area contributed by atoms with Crippen molar-refractivity contribution >= 4 is 11.7 Å². The molecule has 27 heavy (non-hydrogen) atoms. The molecule has 142 valence electrons. The normalized spacial score (nSPS) is 14.7. The van der Waals surface area contributed by atoms with E-state index < -0.39 is 0 Å². The van der Waals surface area contributed by atoms with Crippen LogP contribution in [0.15, 0.2) is 42.5 Å². The van der Waals surface area contributed by atoms with Crippen molar-refractivity contribution in [3.05, 3.63) is 70.3 Å². The summed E-state index contributed by atoms with van der Waals surface area (Å²) >= 11 is 0. The Hall–Kier alpha value is -2.50. The van der Waals surface area contributed by atoms with E-state index in [0.717, 1.165) is 43.9 Å². The fraction of sp³-hybridized carbons (Fsp3) is 0.364. The average molecular weight is 365 g/mol. The van der Waals surface area contributed by atoms with Gasteiger partial charge in [-0.2, -0.15) is 0 Å². The molecular weight excluding hydrogens is 338 g/mol. The quantitative estimate of drug-likeness (QED) is 0.771. The summed E-state index contributed by atoms with van der Waals surface area (Å²) in [6.07, 6.45) is 0. The van der Waals surface area contributed by atoms with E-state index in [2.05, 4.69) is 15.5 Å². The molecule has 5 nitrogen and oxygen atoms in total. The standard InChI is InChI=1S/C22H27N3O2/c1-16-7-8-18(15-17(16)2)21(26)19-5-3-4-6-20(19)22(27)24-11-14-25-12-9-23-10-13-25/h3-8,15,23H,9-14H2,1-2H3,(H,24,27). The highest BCUT2D eigenvalue weighted by molar-refractivity contribution is 6.15. The van der Waals surface area contributed by atoms with E-state index in [1.54, 1.807) is 24.3 Å². The molecule has 1 saturated heterocycles. The Morgan fingerprint density at radius 1 is 1.00 bits per heavy atom. The van der Waals surface area contributed by atoms with Crippen LogP contribution >= 0.6 is 0 Å². The molecule has 0 aromatic heterocycles. The van der Waals surface area contributed by atoms with Gasteiger partial charge in [0.05, 0.1) is 5.56 Å². The summed E-state index contributed by atoms with van der Waals surface area (Å²) in [6.45, 7) is 9.37. The summed E-state index contributed by atoms with van der Waals surface area (Å²) in [4.78, 5) is 28.0. The first-order valence-corrected chi connectivity index (χ1v) is 9.48. The fourth-order valence-corrected chi connectivity index (χ4v) is 3.27. The van der Waals surface area contributed by atoms with Gasteiger partial charge in [-0.05, 0) is 37.1 Å². The van der Waals surface area contributed by atoms with Gasteiger partial charge in [0, 0.05) is 50.4 Å². The first kappa shape index (κ1) is 19.3. The largest absolute Gasteiger partial charge is 0.351 e. The van der Waals surface area contributed by atoms with Gasteiger partial charge in [0.2, 0.25) is 0 Å². The number of piperazine rings is 1. The third kappa shape index (κ3) is 4.81. The van der Waals surface area contributed by atoms with Gasteiger partial charge in [-0.3, -0.25) is 14.5 Å². The maximum absolute atomic E-state index is 13.0. The van der Waals surface area contributed by atoms with Gasteiger partial charge in [0.15, 0.2) is 5.78 Å². The van der Waals surface area contributed by atoms with Crippen LogP contribution in [0.5, 0.6) is 0 Å². The van der Waals surface area contributed by atoms with E-state index in [1.165, 1.54) is 0 Å². The molecule has 0 bridgehead atoms. The minimum atomic E-state index is -0.196. The van der Waals surface area contributed by atoms with E-state index >= 15 is 0 Å². The number of carbonyl (C=O) groups excluding carboxylic acids is 2. The van der Waals surface area contributed by atoms with Gasteiger partial charge < -0.3 is 10.6 Å². The number of ketones is 1. The molecule has 1 heterocycles. The summed E-state index contributed by atoms with van der Waals surface area (Å²) < 4.78 is 0. The number of hydrogen-bond donors (Lipinski definition) is 2. The summed E-state index contributed by atoms with van der Waals surface area (Å²) in [7, 11) is 0. The van der Waals surface area contributed by atoms with E-state index in [9.17, 15) is 9.59 Å². The second kappa shape index (κ2) is 8.93. The predicted octanol–water partition coefficient (Wildman–Crippen LogP) is 2.17. The SMILES string of the molecule is Cc1ccc(C(=O)c2ccccc2C(=O)NCCN2CCNCC2)cc1C. The Bertz CT molecular complexity index is 826. The Balaban J connectivity index is 1.69. The lowest BCUT2D eigenvalue weighted by atomic mass is 9.95. The maximum atomic E-state index is 13.0. The topological polar surface area (TPSA) is 61.4 Å². The van der Waals surface area contributed by atoms with Crippen molar-refractivity contribution in [2.75, 3.05) is 39.3 Å². The van der Waals surface area contributed by atoms with E-state index in [-0.39, 0.29) is 11.7 Å². The number of nitrogens with one attached hydrogen (secondary N) is 2. The van der Waals surface area contributed by atoms with E-state index in [1.807, 2.05) is 32.0 Å². The van der Waals surface area contributed by atoms with E-state index in [0.29, 0.717) is 23.2 Å². The highest BCUT2D eigenvalue weighted by atomic mass is 16.2. The van der Waals surface area contributed by atoms with Crippen LogP contribution in [0.1, 0.15) is 37.4 Å². The van der Waals surface area contributed by atoms with Crippen molar-refractivity contribution in [1.29, 1.82) is 0 Å². The Morgan fingerprint density at radius 2 is 1.70 bits per heavy atom. The molecule has 3 rings (SSSR count). The van der Waals surface area contributed by atoms with Crippen LogP contribution < -0.4 is 10.6 Å².